The van der Waals surface area contributed by atoms with Gasteiger partial charge in [0.05, 0.1) is 18.7 Å². The summed E-state index contributed by atoms with van der Waals surface area (Å²) >= 11 is 0. The van der Waals surface area contributed by atoms with E-state index < -0.39 is 18.8 Å². The molecule has 0 radical (unpaired) electrons. The Balaban J connectivity index is 1.70. The zero-order chi connectivity index (χ0) is 18.3. The summed E-state index contributed by atoms with van der Waals surface area (Å²) in [4.78, 5) is 12.4. The molecule has 0 amide bonds. The first-order valence-electron chi connectivity index (χ1n) is 8.58. The SMILES string of the molecule is OC[C@H](Nc1nc(N[C@@H]2CNC[C@H]2F)c2ncn(C(F)F)c2n1)C1CC1. The molecule has 2 fully saturated rings. The molecule has 11 heteroatoms. The molecule has 3 atom stereocenters. The van der Waals surface area contributed by atoms with Gasteiger partial charge in [0, 0.05) is 13.1 Å². The van der Waals surface area contributed by atoms with Crippen LogP contribution in [0.3, 0.4) is 0 Å². The lowest BCUT2D eigenvalue weighted by atomic mass is 10.2. The van der Waals surface area contributed by atoms with Crippen molar-refractivity contribution in [2.24, 2.45) is 5.92 Å². The molecule has 2 aromatic rings. The molecule has 26 heavy (non-hydrogen) atoms. The summed E-state index contributed by atoms with van der Waals surface area (Å²) in [5, 5.41) is 18.4. The minimum atomic E-state index is -2.81. The second-order valence-electron chi connectivity index (χ2n) is 6.69. The van der Waals surface area contributed by atoms with E-state index in [4.69, 9.17) is 0 Å². The summed E-state index contributed by atoms with van der Waals surface area (Å²) in [5.74, 6) is 0.612. The second-order valence-corrected chi connectivity index (χ2v) is 6.69. The van der Waals surface area contributed by atoms with E-state index in [1.165, 1.54) is 0 Å². The first kappa shape index (κ1) is 17.3. The van der Waals surface area contributed by atoms with E-state index >= 15 is 0 Å². The molecule has 0 aromatic carbocycles. The summed E-state index contributed by atoms with van der Waals surface area (Å²) in [7, 11) is 0. The molecule has 4 N–H and O–H groups in total. The highest BCUT2D eigenvalue weighted by Crippen LogP contribution is 2.34. The maximum Gasteiger partial charge on any atom is 0.321 e. The van der Waals surface area contributed by atoms with Crippen molar-refractivity contribution in [3.63, 3.8) is 0 Å². The fourth-order valence-corrected chi connectivity index (χ4v) is 3.17. The average molecular weight is 371 g/mol. The average Bonchev–Trinajstić information content (AvgIpc) is 3.24. The van der Waals surface area contributed by atoms with Gasteiger partial charge >= 0.3 is 6.55 Å². The molecule has 2 aliphatic rings. The summed E-state index contributed by atoms with van der Waals surface area (Å²) in [6, 6.07) is -0.778. The third kappa shape index (κ3) is 3.28. The fourth-order valence-electron chi connectivity index (χ4n) is 3.17. The molecule has 8 nitrogen and oxygen atoms in total. The number of aliphatic hydroxyl groups excluding tert-OH is 1. The van der Waals surface area contributed by atoms with Crippen molar-refractivity contribution in [1.82, 2.24) is 24.8 Å². The number of fused-ring (bicyclic) bond motifs is 1. The van der Waals surface area contributed by atoms with Crippen LogP contribution in [0.4, 0.5) is 24.9 Å². The molecule has 0 unspecified atom stereocenters. The van der Waals surface area contributed by atoms with Gasteiger partial charge in [0.15, 0.2) is 17.0 Å². The van der Waals surface area contributed by atoms with Crippen molar-refractivity contribution < 1.29 is 18.3 Å². The minimum Gasteiger partial charge on any atom is -0.394 e. The summed E-state index contributed by atoms with van der Waals surface area (Å²) < 4.78 is 41.0. The fraction of sp³-hybridized carbons (Fsp3) is 0.667. The molecule has 1 aliphatic carbocycles. The van der Waals surface area contributed by atoms with Crippen molar-refractivity contribution in [3.8, 4) is 0 Å². The molecular weight excluding hydrogens is 351 g/mol. The lowest BCUT2D eigenvalue weighted by Gasteiger charge is -2.18. The zero-order valence-electron chi connectivity index (χ0n) is 13.9. The van der Waals surface area contributed by atoms with Crippen molar-refractivity contribution in [2.75, 3.05) is 30.3 Å². The monoisotopic (exact) mass is 371 g/mol. The van der Waals surface area contributed by atoms with Gasteiger partial charge in [-0.25, -0.2) is 9.37 Å². The van der Waals surface area contributed by atoms with E-state index in [-0.39, 0.29) is 42.1 Å². The highest BCUT2D eigenvalue weighted by Gasteiger charge is 2.32. The van der Waals surface area contributed by atoms with Crippen LogP contribution in [0.5, 0.6) is 0 Å². The normalized spacial score (nSPS) is 24.3. The highest BCUT2D eigenvalue weighted by atomic mass is 19.3. The Bertz CT molecular complexity index is 782. The van der Waals surface area contributed by atoms with Crippen LogP contribution in [0.2, 0.25) is 0 Å². The van der Waals surface area contributed by atoms with Crippen LogP contribution >= 0.6 is 0 Å². The number of hydrogen-bond acceptors (Lipinski definition) is 7. The third-order valence-corrected chi connectivity index (χ3v) is 4.80. The molecular formula is C15H20F3N7O. The minimum absolute atomic E-state index is 0.0474. The van der Waals surface area contributed by atoms with Crippen LogP contribution in [-0.4, -0.2) is 62.6 Å². The topological polar surface area (TPSA) is 99.9 Å². The third-order valence-electron chi connectivity index (χ3n) is 4.80. The highest BCUT2D eigenvalue weighted by molar-refractivity contribution is 5.84. The van der Waals surface area contributed by atoms with Gasteiger partial charge in [0.1, 0.15) is 12.5 Å². The number of hydrogen-bond donors (Lipinski definition) is 4. The number of anilines is 2. The molecule has 1 saturated heterocycles. The number of nitrogens with one attached hydrogen (secondary N) is 3. The smallest absolute Gasteiger partial charge is 0.321 e. The number of halogens is 3. The predicted molar refractivity (Wildman–Crippen MR) is 89.0 cm³/mol. The van der Waals surface area contributed by atoms with Gasteiger partial charge < -0.3 is 21.1 Å². The molecule has 0 spiro atoms. The number of nitrogens with zero attached hydrogens (tertiary/aromatic N) is 4. The zero-order valence-corrected chi connectivity index (χ0v) is 13.9. The van der Waals surface area contributed by atoms with Crippen LogP contribution < -0.4 is 16.0 Å². The van der Waals surface area contributed by atoms with Crippen LogP contribution in [0, 0.1) is 5.92 Å². The Labute approximate surface area is 147 Å². The lowest BCUT2D eigenvalue weighted by molar-refractivity contribution is 0.0740. The second kappa shape index (κ2) is 6.88. The molecule has 1 saturated carbocycles. The number of aromatic nitrogens is 4. The Hall–Kier alpha value is -2.14. The van der Waals surface area contributed by atoms with Crippen LogP contribution in [0.15, 0.2) is 6.33 Å². The first-order chi connectivity index (χ1) is 12.6. The van der Waals surface area contributed by atoms with Crippen molar-refractivity contribution in [3.05, 3.63) is 6.33 Å². The number of alkyl halides is 3. The van der Waals surface area contributed by atoms with Gasteiger partial charge in [-0.1, -0.05) is 0 Å². The van der Waals surface area contributed by atoms with E-state index in [2.05, 4.69) is 30.9 Å². The molecule has 1 aliphatic heterocycles. The van der Waals surface area contributed by atoms with Gasteiger partial charge in [-0.2, -0.15) is 18.7 Å². The van der Waals surface area contributed by atoms with Crippen molar-refractivity contribution in [2.45, 2.75) is 37.6 Å². The van der Waals surface area contributed by atoms with Crippen LogP contribution in [-0.2, 0) is 0 Å². The maximum absolute atomic E-state index is 13.9. The number of imidazole rings is 1. The quantitative estimate of drug-likeness (QED) is 0.579. The van der Waals surface area contributed by atoms with E-state index in [0.29, 0.717) is 17.0 Å². The summed E-state index contributed by atoms with van der Waals surface area (Å²) in [5.41, 5.74) is 0.107. The summed E-state index contributed by atoms with van der Waals surface area (Å²) in [6.07, 6.45) is 1.84. The Kier molecular flexibility index (Phi) is 4.57. The Morgan fingerprint density at radius 2 is 2.12 bits per heavy atom. The molecule has 4 rings (SSSR count). The van der Waals surface area contributed by atoms with Gasteiger partial charge in [0.25, 0.3) is 0 Å². The van der Waals surface area contributed by atoms with Crippen LogP contribution in [0.1, 0.15) is 19.4 Å². The number of aliphatic hydroxyl groups is 1. The predicted octanol–water partition coefficient (Wildman–Crippen LogP) is 1.13. The van der Waals surface area contributed by atoms with Gasteiger partial charge in [-0.05, 0) is 18.8 Å². The first-order valence-corrected chi connectivity index (χ1v) is 8.58. The van der Waals surface area contributed by atoms with Crippen LogP contribution in [0.25, 0.3) is 11.2 Å². The Morgan fingerprint density at radius 3 is 2.73 bits per heavy atom. The van der Waals surface area contributed by atoms with Gasteiger partial charge in [-0.15, -0.1) is 0 Å². The number of rotatable bonds is 7. The molecule has 0 bridgehead atoms. The van der Waals surface area contributed by atoms with Crippen molar-refractivity contribution in [1.29, 1.82) is 0 Å². The molecule has 142 valence electrons. The van der Waals surface area contributed by atoms with E-state index in [9.17, 15) is 18.3 Å². The summed E-state index contributed by atoms with van der Waals surface area (Å²) in [6.45, 7) is -2.31. The molecule has 2 aromatic heterocycles. The maximum atomic E-state index is 13.9. The van der Waals surface area contributed by atoms with Crippen molar-refractivity contribution >= 4 is 22.9 Å². The van der Waals surface area contributed by atoms with E-state index in [1.807, 2.05) is 0 Å². The molecule has 3 heterocycles. The lowest BCUT2D eigenvalue weighted by Crippen LogP contribution is -2.31. The van der Waals surface area contributed by atoms with Gasteiger partial charge in [-0.3, -0.25) is 4.57 Å². The Morgan fingerprint density at radius 1 is 1.31 bits per heavy atom. The standard InChI is InChI=1S/C15H20F3N7O/c16-8-3-19-4-9(8)21-12-11-13(25(6-20-11)14(17)18)24-15(23-12)22-10(5-26)7-1-2-7/h6-10,14,19,26H,1-5H2,(H2,21,22,23,24)/t8-,9-,10+/m1/s1. The largest absolute Gasteiger partial charge is 0.394 e. The van der Waals surface area contributed by atoms with Gasteiger partial charge in [0.2, 0.25) is 5.95 Å². The van der Waals surface area contributed by atoms with E-state index in [1.54, 1.807) is 0 Å². The van der Waals surface area contributed by atoms with E-state index in [0.717, 1.165) is 19.2 Å².